The molecule has 0 unspecified atom stereocenters. The molecule has 1 aromatic heterocycles. The molecule has 3 rings (SSSR count). The average molecular weight is 291 g/mol. The lowest BCUT2D eigenvalue weighted by Gasteiger charge is -2.19. The van der Waals surface area contributed by atoms with Crippen LogP contribution in [0.2, 0.25) is 0 Å². The second kappa shape index (κ2) is 4.50. The predicted molar refractivity (Wildman–Crippen MR) is 72.2 cm³/mol. The van der Waals surface area contributed by atoms with Crippen LogP contribution in [-0.2, 0) is 10.4 Å². The summed E-state index contributed by atoms with van der Waals surface area (Å²) in [6, 6.07) is 5.25. The van der Waals surface area contributed by atoms with Crippen LogP contribution < -0.4 is 5.32 Å². The SMILES string of the molecule is O=C(C[C@]1(O)C(=O)Nc2ccc(F)cc21)c1ccsc1. The Bertz CT molecular complexity index is 698. The third-order valence-electron chi connectivity index (χ3n) is 3.31. The van der Waals surface area contributed by atoms with E-state index in [9.17, 15) is 19.1 Å². The molecular formula is C14H10FNO3S. The smallest absolute Gasteiger partial charge is 0.261 e. The summed E-state index contributed by atoms with van der Waals surface area (Å²) in [7, 11) is 0. The van der Waals surface area contributed by atoms with Gasteiger partial charge in [-0.05, 0) is 29.6 Å². The standard InChI is InChI=1S/C14H10FNO3S/c15-9-1-2-11-10(5-9)14(19,13(18)16-11)6-12(17)8-3-4-20-7-8/h1-5,7,19H,6H2,(H,16,18)/t14-/m1/s1. The molecule has 4 nitrogen and oxygen atoms in total. The fourth-order valence-corrected chi connectivity index (χ4v) is 2.91. The normalized spacial score (nSPS) is 20.6. The Kier molecular flexibility index (Phi) is 2.92. The second-order valence-corrected chi connectivity index (χ2v) is 5.40. The first-order valence-corrected chi connectivity index (χ1v) is 6.84. The third kappa shape index (κ3) is 1.93. The summed E-state index contributed by atoms with van der Waals surface area (Å²) in [4.78, 5) is 24.0. The van der Waals surface area contributed by atoms with E-state index < -0.39 is 23.7 Å². The molecule has 1 aliphatic rings. The molecule has 0 aliphatic carbocycles. The van der Waals surface area contributed by atoms with Gasteiger partial charge in [-0.3, -0.25) is 9.59 Å². The van der Waals surface area contributed by atoms with Gasteiger partial charge in [-0.1, -0.05) is 0 Å². The van der Waals surface area contributed by atoms with Crippen LogP contribution in [-0.4, -0.2) is 16.8 Å². The van der Waals surface area contributed by atoms with Crippen molar-refractivity contribution in [3.8, 4) is 0 Å². The molecule has 6 heteroatoms. The van der Waals surface area contributed by atoms with Crippen LogP contribution in [0, 0.1) is 5.82 Å². The molecule has 2 heterocycles. The molecule has 102 valence electrons. The molecule has 0 bridgehead atoms. The van der Waals surface area contributed by atoms with Crippen molar-refractivity contribution in [2.45, 2.75) is 12.0 Å². The van der Waals surface area contributed by atoms with Crippen molar-refractivity contribution in [2.75, 3.05) is 5.32 Å². The summed E-state index contributed by atoms with van der Waals surface area (Å²) < 4.78 is 13.3. The lowest BCUT2D eigenvalue weighted by molar-refractivity contribution is -0.133. The number of ketones is 1. The van der Waals surface area contributed by atoms with Crippen molar-refractivity contribution in [1.29, 1.82) is 0 Å². The van der Waals surface area contributed by atoms with Gasteiger partial charge in [-0.2, -0.15) is 11.3 Å². The molecule has 1 aromatic carbocycles. The highest BCUT2D eigenvalue weighted by Crippen LogP contribution is 2.39. The number of carbonyl (C=O) groups is 2. The van der Waals surface area contributed by atoms with Gasteiger partial charge in [0.2, 0.25) is 0 Å². The third-order valence-corrected chi connectivity index (χ3v) is 3.99. The lowest BCUT2D eigenvalue weighted by atomic mass is 9.88. The minimum absolute atomic E-state index is 0.103. The predicted octanol–water partition coefficient (Wildman–Crippen LogP) is 2.30. The number of rotatable bonds is 3. The van der Waals surface area contributed by atoms with Crippen LogP contribution >= 0.6 is 11.3 Å². The monoisotopic (exact) mass is 291 g/mol. The van der Waals surface area contributed by atoms with E-state index in [-0.39, 0.29) is 11.3 Å². The Balaban J connectivity index is 1.98. The highest BCUT2D eigenvalue weighted by molar-refractivity contribution is 7.08. The molecule has 2 aromatic rings. The number of thiophene rings is 1. The number of fused-ring (bicyclic) bond motifs is 1. The van der Waals surface area contributed by atoms with Gasteiger partial charge < -0.3 is 10.4 Å². The van der Waals surface area contributed by atoms with Gasteiger partial charge in [-0.15, -0.1) is 0 Å². The Morgan fingerprint density at radius 2 is 2.20 bits per heavy atom. The molecule has 1 atom stereocenters. The highest BCUT2D eigenvalue weighted by atomic mass is 32.1. The van der Waals surface area contributed by atoms with Crippen LogP contribution in [0.5, 0.6) is 0 Å². The molecule has 2 N–H and O–H groups in total. The number of nitrogens with one attached hydrogen (secondary N) is 1. The fraction of sp³-hybridized carbons (Fsp3) is 0.143. The number of hydrogen-bond donors (Lipinski definition) is 2. The lowest BCUT2D eigenvalue weighted by Crippen LogP contribution is -2.36. The summed E-state index contributed by atoms with van der Waals surface area (Å²) in [5.41, 5.74) is -1.15. The van der Waals surface area contributed by atoms with Gasteiger partial charge in [0.15, 0.2) is 11.4 Å². The first-order chi connectivity index (χ1) is 9.50. The van der Waals surface area contributed by atoms with Gasteiger partial charge in [0.25, 0.3) is 5.91 Å². The van der Waals surface area contributed by atoms with E-state index in [4.69, 9.17) is 0 Å². The van der Waals surface area contributed by atoms with Crippen LogP contribution in [0.25, 0.3) is 0 Å². The van der Waals surface area contributed by atoms with Crippen molar-refractivity contribution in [3.63, 3.8) is 0 Å². The number of benzene rings is 1. The number of Topliss-reactive ketones (excluding diaryl/α,β-unsaturated/α-hetero) is 1. The number of aliphatic hydroxyl groups is 1. The van der Waals surface area contributed by atoms with Crippen LogP contribution in [0.15, 0.2) is 35.0 Å². The molecule has 20 heavy (non-hydrogen) atoms. The average Bonchev–Trinajstić information content (AvgIpc) is 3.00. The van der Waals surface area contributed by atoms with Gasteiger partial charge in [-0.25, -0.2) is 4.39 Å². The maximum atomic E-state index is 13.3. The van der Waals surface area contributed by atoms with Crippen molar-refractivity contribution in [2.24, 2.45) is 0 Å². The highest BCUT2D eigenvalue weighted by Gasteiger charge is 2.47. The minimum atomic E-state index is -2.02. The van der Waals surface area contributed by atoms with E-state index >= 15 is 0 Å². The van der Waals surface area contributed by atoms with Crippen molar-refractivity contribution in [1.82, 2.24) is 0 Å². The number of halogens is 1. The maximum Gasteiger partial charge on any atom is 0.261 e. The summed E-state index contributed by atoms with van der Waals surface area (Å²) in [5.74, 6) is -1.63. The number of amides is 1. The van der Waals surface area contributed by atoms with Crippen LogP contribution in [0.4, 0.5) is 10.1 Å². The van der Waals surface area contributed by atoms with E-state index in [1.54, 1.807) is 16.8 Å². The Morgan fingerprint density at radius 1 is 1.40 bits per heavy atom. The van der Waals surface area contributed by atoms with Gasteiger partial charge in [0.1, 0.15) is 5.82 Å². The van der Waals surface area contributed by atoms with Crippen molar-refractivity contribution < 1.29 is 19.1 Å². The van der Waals surface area contributed by atoms with E-state index in [1.165, 1.54) is 23.5 Å². The number of carbonyl (C=O) groups excluding carboxylic acids is 2. The largest absolute Gasteiger partial charge is 0.375 e. The summed E-state index contributed by atoms with van der Waals surface area (Å²) in [6.45, 7) is 0. The summed E-state index contributed by atoms with van der Waals surface area (Å²) >= 11 is 1.35. The zero-order valence-corrected chi connectivity index (χ0v) is 11.0. The molecular weight excluding hydrogens is 281 g/mol. The van der Waals surface area contributed by atoms with Gasteiger partial charge >= 0.3 is 0 Å². The Hall–Kier alpha value is -2.05. The van der Waals surface area contributed by atoms with Gasteiger partial charge in [0, 0.05) is 22.2 Å². The minimum Gasteiger partial charge on any atom is -0.375 e. The molecule has 0 saturated carbocycles. The van der Waals surface area contributed by atoms with Crippen LogP contribution in [0.3, 0.4) is 0 Å². The maximum absolute atomic E-state index is 13.3. The molecule has 0 saturated heterocycles. The van der Waals surface area contributed by atoms with Crippen molar-refractivity contribution >= 4 is 28.7 Å². The molecule has 0 spiro atoms. The van der Waals surface area contributed by atoms with Crippen LogP contribution in [0.1, 0.15) is 22.3 Å². The van der Waals surface area contributed by atoms with E-state index in [2.05, 4.69) is 5.32 Å². The molecule has 0 fully saturated rings. The van der Waals surface area contributed by atoms with E-state index in [0.29, 0.717) is 11.3 Å². The van der Waals surface area contributed by atoms with E-state index in [0.717, 1.165) is 6.07 Å². The number of hydrogen-bond acceptors (Lipinski definition) is 4. The first kappa shape index (κ1) is 13.0. The quantitative estimate of drug-likeness (QED) is 0.853. The van der Waals surface area contributed by atoms with Gasteiger partial charge in [0.05, 0.1) is 6.42 Å². The first-order valence-electron chi connectivity index (χ1n) is 5.90. The Labute approximate surface area is 117 Å². The Morgan fingerprint density at radius 3 is 2.90 bits per heavy atom. The number of anilines is 1. The van der Waals surface area contributed by atoms with Crippen molar-refractivity contribution in [3.05, 3.63) is 52.0 Å². The zero-order chi connectivity index (χ0) is 14.3. The topological polar surface area (TPSA) is 66.4 Å². The summed E-state index contributed by atoms with van der Waals surface area (Å²) in [5, 5.41) is 16.3. The fourth-order valence-electron chi connectivity index (χ4n) is 2.25. The molecule has 1 aliphatic heterocycles. The zero-order valence-electron chi connectivity index (χ0n) is 10.2. The van der Waals surface area contributed by atoms with E-state index in [1.807, 2.05) is 0 Å². The molecule has 1 amide bonds. The second-order valence-electron chi connectivity index (χ2n) is 4.62. The summed E-state index contributed by atoms with van der Waals surface area (Å²) in [6.07, 6.45) is -0.411. The molecule has 0 radical (unpaired) electrons.